The van der Waals surface area contributed by atoms with Crippen LogP contribution in [-0.2, 0) is 4.79 Å². The van der Waals surface area contributed by atoms with Gasteiger partial charge in [0.15, 0.2) is 0 Å². The molecule has 1 aliphatic carbocycles. The fourth-order valence-corrected chi connectivity index (χ4v) is 4.03. The Balaban J connectivity index is 1.53. The van der Waals surface area contributed by atoms with Gasteiger partial charge in [0.2, 0.25) is 5.91 Å². The molecular weight excluding hydrogens is 256 g/mol. The molecule has 1 saturated carbocycles. The Morgan fingerprint density at radius 3 is 2.79 bits per heavy atom. The average Bonchev–Trinajstić information content (AvgIpc) is 2.42. The van der Waals surface area contributed by atoms with Crippen LogP contribution in [0.3, 0.4) is 0 Å². The van der Waals surface area contributed by atoms with Crippen LogP contribution in [0.1, 0.15) is 45.4 Å². The Morgan fingerprint density at radius 2 is 2.11 bits per heavy atom. The van der Waals surface area contributed by atoms with Crippen LogP contribution < -0.4 is 10.6 Å². The molecule has 110 valence electrons. The van der Waals surface area contributed by atoms with Crippen LogP contribution >= 0.6 is 11.8 Å². The summed E-state index contributed by atoms with van der Waals surface area (Å²) in [5.41, 5.74) is 0. The topological polar surface area (TPSA) is 41.1 Å². The molecule has 0 aromatic heterocycles. The van der Waals surface area contributed by atoms with E-state index in [1.807, 2.05) is 11.8 Å². The van der Waals surface area contributed by atoms with Gasteiger partial charge in [-0.3, -0.25) is 4.79 Å². The van der Waals surface area contributed by atoms with E-state index in [0.29, 0.717) is 12.5 Å². The highest BCUT2D eigenvalue weighted by Gasteiger charge is 2.19. The van der Waals surface area contributed by atoms with Crippen LogP contribution in [-0.4, -0.2) is 36.5 Å². The Bertz CT molecular complexity index is 271. The molecule has 1 atom stereocenters. The predicted molar refractivity (Wildman–Crippen MR) is 82.5 cm³/mol. The van der Waals surface area contributed by atoms with Crippen molar-refractivity contribution in [3.63, 3.8) is 0 Å². The van der Waals surface area contributed by atoms with Crippen LogP contribution in [0.4, 0.5) is 0 Å². The third-order valence-corrected chi connectivity index (χ3v) is 5.57. The summed E-state index contributed by atoms with van der Waals surface area (Å²) < 4.78 is 0. The highest BCUT2D eigenvalue weighted by Crippen LogP contribution is 2.29. The number of carbonyl (C=O) groups excluding carboxylic acids is 1. The molecule has 2 N–H and O–H groups in total. The molecule has 1 aliphatic heterocycles. The molecule has 0 aromatic rings. The normalized spacial score (nSPS) is 31.9. The van der Waals surface area contributed by atoms with E-state index >= 15 is 0 Å². The van der Waals surface area contributed by atoms with Crippen molar-refractivity contribution >= 4 is 17.7 Å². The van der Waals surface area contributed by atoms with Crippen molar-refractivity contribution < 1.29 is 4.79 Å². The molecule has 1 amide bonds. The molecule has 4 heteroatoms. The van der Waals surface area contributed by atoms with Gasteiger partial charge in [-0.2, -0.15) is 11.8 Å². The van der Waals surface area contributed by atoms with Crippen molar-refractivity contribution in [2.45, 2.75) is 51.5 Å². The lowest BCUT2D eigenvalue weighted by Crippen LogP contribution is -2.41. The largest absolute Gasteiger partial charge is 0.356 e. The number of hydrogen-bond donors (Lipinski definition) is 2. The number of rotatable bonds is 5. The number of hydrogen-bond acceptors (Lipinski definition) is 3. The molecule has 0 bridgehead atoms. The Hall–Kier alpha value is -0.220. The zero-order chi connectivity index (χ0) is 13.5. The summed E-state index contributed by atoms with van der Waals surface area (Å²) in [5, 5.41) is 6.51. The maximum Gasteiger partial charge on any atom is 0.221 e. The summed E-state index contributed by atoms with van der Waals surface area (Å²) in [4.78, 5) is 11.8. The van der Waals surface area contributed by atoms with Gasteiger partial charge in [-0.25, -0.2) is 0 Å². The van der Waals surface area contributed by atoms with Crippen molar-refractivity contribution in [1.29, 1.82) is 0 Å². The number of nitrogens with one attached hydrogen (secondary N) is 2. The molecule has 0 radical (unpaired) electrons. The van der Waals surface area contributed by atoms with Crippen molar-refractivity contribution in [3.05, 3.63) is 0 Å². The van der Waals surface area contributed by atoms with Crippen LogP contribution in [0.2, 0.25) is 0 Å². The van der Waals surface area contributed by atoms with Crippen molar-refractivity contribution in [2.75, 3.05) is 24.6 Å². The zero-order valence-corrected chi connectivity index (χ0v) is 12.9. The van der Waals surface area contributed by atoms with Gasteiger partial charge < -0.3 is 10.6 Å². The second-order valence-electron chi connectivity index (χ2n) is 6.19. The molecule has 1 heterocycles. The van der Waals surface area contributed by atoms with Gasteiger partial charge in [0.1, 0.15) is 0 Å². The minimum Gasteiger partial charge on any atom is -0.356 e. The summed E-state index contributed by atoms with van der Waals surface area (Å²) in [5.74, 6) is 4.25. The highest BCUT2D eigenvalue weighted by atomic mass is 32.2. The quantitative estimate of drug-likeness (QED) is 0.814. The first-order chi connectivity index (χ1) is 9.24. The monoisotopic (exact) mass is 284 g/mol. The van der Waals surface area contributed by atoms with E-state index in [-0.39, 0.29) is 5.91 Å². The maximum atomic E-state index is 11.8. The van der Waals surface area contributed by atoms with Gasteiger partial charge in [-0.15, -0.1) is 0 Å². The highest BCUT2D eigenvalue weighted by molar-refractivity contribution is 7.99. The fraction of sp³-hybridized carbons (Fsp3) is 0.933. The van der Waals surface area contributed by atoms with Crippen LogP contribution in [0.5, 0.6) is 0 Å². The average molecular weight is 284 g/mol. The Morgan fingerprint density at radius 1 is 1.32 bits per heavy atom. The van der Waals surface area contributed by atoms with Crippen molar-refractivity contribution in [1.82, 2.24) is 10.6 Å². The molecule has 2 aliphatic rings. The van der Waals surface area contributed by atoms with Crippen LogP contribution in [0.15, 0.2) is 0 Å². The van der Waals surface area contributed by atoms with Crippen LogP contribution in [0.25, 0.3) is 0 Å². The summed E-state index contributed by atoms with van der Waals surface area (Å²) in [6.07, 6.45) is 7.29. The van der Waals surface area contributed by atoms with E-state index in [4.69, 9.17) is 0 Å². The third-order valence-electron chi connectivity index (χ3n) is 4.44. The molecular formula is C15H28N2OS. The van der Waals surface area contributed by atoms with Gasteiger partial charge in [-0.1, -0.05) is 32.6 Å². The molecule has 0 spiro atoms. The summed E-state index contributed by atoms with van der Waals surface area (Å²) in [6, 6.07) is 0.384. The number of carbonyl (C=O) groups is 1. The van der Waals surface area contributed by atoms with Gasteiger partial charge in [0.25, 0.3) is 0 Å². The van der Waals surface area contributed by atoms with E-state index in [1.54, 1.807) is 0 Å². The first-order valence-corrected chi connectivity index (χ1v) is 8.97. The molecule has 19 heavy (non-hydrogen) atoms. The molecule has 2 rings (SSSR count). The molecule has 3 nitrogen and oxygen atoms in total. The van der Waals surface area contributed by atoms with E-state index in [2.05, 4.69) is 17.6 Å². The lowest BCUT2D eigenvalue weighted by atomic mass is 9.81. The van der Waals surface area contributed by atoms with Gasteiger partial charge in [0, 0.05) is 37.1 Å². The fourth-order valence-electron chi connectivity index (χ4n) is 3.08. The van der Waals surface area contributed by atoms with Gasteiger partial charge >= 0.3 is 0 Å². The van der Waals surface area contributed by atoms with E-state index in [0.717, 1.165) is 30.7 Å². The second kappa shape index (κ2) is 8.15. The number of amides is 1. The third kappa shape index (κ3) is 5.74. The van der Waals surface area contributed by atoms with Crippen molar-refractivity contribution in [2.24, 2.45) is 11.8 Å². The zero-order valence-electron chi connectivity index (χ0n) is 12.1. The summed E-state index contributed by atoms with van der Waals surface area (Å²) in [7, 11) is 0. The minimum absolute atomic E-state index is 0.226. The van der Waals surface area contributed by atoms with Crippen LogP contribution in [0, 0.1) is 11.8 Å². The van der Waals surface area contributed by atoms with Gasteiger partial charge in [-0.05, 0) is 18.3 Å². The number of thioether (sulfide) groups is 1. The van der Waals surface area contributed by atoms with Gasteiger partial charge in [0.05, 0.1) is 0 Å². The first-order valence-electron chi connectivity index (χ1n) is 7.82. The van der Waals surface area contributed by atoms with E-state index < -0.39 is 0 Å². The predicted octanol–water partition coefficient (Wildman–Crippen LogP) is 2.41. The summed E-state index contributed by atoms with van der Waals surface area (Å²) in [6.45, 7) is 4.27. The maximum absolute atomic E-state index is 11.8. The first kappa shape index (κ1) is 15.2. The summed E-state index contributed by atoms with van der Waals surface area (Å²) >= 11 is 1.95. The van der Waals surface area contributed by atoms with E-state index in [1.165, 1.54) is 37.9 Å². The minimum atomic E-state index is 0.226. The molecule has 1 saturated heterocycles. The Kier molecular flexibility index (Phi) is 6.51. The second-order valence-corrected chi connectivity index (χ2v) is 7.34. The SMILES string of the molecule is CC1CCC(CCNC(=O)CC2CSCCN2)CC1. The smallest absolute Gasteiger partial charge is 0.221 e. The lowest BCUT2D eigenvalue weighted by molar-refractivity contribution is -0.121. The lowest BCUT2D eigenvalue weighted by Gasteiger charge is -2.26. The standard InChI is InChI=1S/C15H28N2OS/c1-12-2-4-13(5-3-12)6-7-17-15(18)10-14-11-19-9-8-16-14/h12-14,16H,2-11H2,1H3,(H,17,18). The van der Waals surface area contributed by atoms with E-state index in [9.17, 15) is 4.79 Å². The molecule has 0 aromatic carbocycles. The molecule has 1 unspecified atom stereocenters. The van der Waals surface area contributed by atoms with Crippen molar-refractivity contribution in [3.8, 4) is 0 Å². The Labute approximate surface area is 121 Å². The molecule has 2 fully saturated rings.